The first-order chi connectivity index (χ1) is 7.16. The van der Waals surface area contributed by atoms with Gasteiger partial charge in [0.05, 0.1) is 0 Å². The Bertz CT molecular complexity index is 160. The van der Waals surface area contributed by atoms with Gasteiger partial charge in [0.2, 0.25) is 0 Å². The van der Waals surface area contributed by atoms with Crippen LogP contribution in [0.2, 0.25) is 0 Å². The highest BCUT2D eigenvalue weighted by atomic mass is 15.2. The lowest BCUT2D eigenvalue weighted by Gasteiger charge is -2.39. The van der Waals surface area contributed by atoms with Gasteiger partial charge in [0.25, 0.3) is 0 Å². The molecule has 1 aliphatic rings. The molecule has 0 aromatic heterocycles. The molecule has 1 rings (SSSR count). The SMILES string of the molecule is CC(C)N(C(C)CN)C1CCCCCC1. The van der Waals surface area contributed by atoms with E-state index in [1.54, 1.807) is 0 Å². The molecule has 0 aromatic rings. The normalized spacial score (nSPS) is 22.0. The molecule has 2 heteroatoms. The molecule has 0 spiro atoms. The van der Waals surface area contributed by atoms with Crippen molar-refractivity contribution < 1.29 is 0 Å². The van der Waals surface area contributed by atoms with E-state index in [1.165, 1.54) is 38.5 Å². The van der Waals surface area contributed by atoms with Crippen molar-refractivity contribution in [2.75, 3.05) is 6.54 Å². The molecule has 2 N–H and O–H groups in total. The van der Waals surface area contributed by atoms with Crippen LogP contribution >= 0.6 is 0 Å². The van der Waals surface area contributed by atoms with Crippen molar-refractivity contribution in [3.8, 4) is 0 Å². The second-order valence-corrected chi connectivity index (χ2v) is 5.27. The first-order valence-corrected chi connectivity index (χ1v) is 6.64. The molecule has 1 atom stereocenters. The fraction of sp³-hybridized carbons (Fsp3) is 1.00. The summed E-state index contributed by atoms with van der Waals surface area (Å²) in [6.07, 6.45) is 8.43. The Morgan fingerprint density at radius 3 is 2.00 bits per heavy atom. The summed E-state index contributed by atoms with van der Waals surface area (Å²) in [5.41, 5.74) is 5.81. The average molecular weight is 212 g/mol. The summed E-state index contributed by atoms with van der Waals surface area (Å²) in [7, 11) is 0. The fourth-order valence-corrected chi connectivity index (χ4v) is 2.97. The van der Waals surface area contributed by atoms with E-state index >= 15 is 0 Å². The van der Waals surface area contributed by atoms with Crippen LogP contribution in [0, 0.1) is 0 Å². The Balaban J connectivity index is 2.60. The summed E-state index contributed by atoms with van der Waals surface area (Å²) in [6.45, 7) is 7.66. The number of hydrogen-bond donors (Lipinski definition) is 1. The fourth-order valence-electron chi connectivity index (χ4n) is 2.97. The Morgan fingerprint density at radius 1 is 1.07 bits per heavy atom. The van der Waals surface area contributed by atoms with Gasteiger partial charge in [-0.1, -0.05) is 25.7 Å². The summed E-state index contributed by atoms with van der Waals surface area (Å²) in [6, 6.07) is 1.95. The van der Waals surface area contributed by atoms with Gasteiger partial charge >= 0.3 is 0 Å². The summed E-state index contributed by atoms with van der Waals surface area (Å²) in [4.78, 5) is 2.64. The third-order valence-corrected chi connectivity index (χ3v) is 3.69. The number of hydrogen-bond acceptors (Lipinski definition) is 2. The maximum atomic E-state index is 5.81. The van der Waals surface area contributed by atoms with E-state index in [1.807, 2.05) is 0 Å². The molecule has 1 unspecified atom stereocenters. The summed E-state index contributed by atoms with van der Waals surface area (Å²) in [5, 5.41) is 0. The first kappa shape index (κ1) is 13.0. The van der Waals surface area contributed by atoms with E-state index in [9.17, 15) is 0 Å². The topological polar surface area (TPSA) is 29.3 Å². The molecule has 15 heavy (non-hydrogen) atoms. The zero-order chi connectivity index (χ0) is 11.3. The second-order valence-electron chi connectivity index (χ2n) is 5.27. The molecule has 1 fully saturated rings. The molecule has 0 aromatic carbocycles. The Labute approximate surface area is 95.2 Å². The zero-order valence-electron chi connectivity index (χ0n) is 10.7. The van der Waals surface area contributed by atoms with Crippen molar-refractivity contribution >= 4 is 0 Å². The molecule has 90 valence electrons. The molecular weight excluding hydrogens is 184 g/mol. The van der Waals surface area contributed by atoms with Crippen LogP contribution < -0.4 is 5.73 Å². The van der Waals surface area contributed by atoms with Crippen LogP contribution in [0.25, 0.3) is 0 Å². The lowest BCUT2D eigenvalue weighted by molar-refractivity contribution is 0.0962. The van der Waals surface area contributed by atoms with Gasteiger partial charge in [-0.3, -0.25) is 4.90 Å². The van der Waals surface area contributed by atoms with Crippen molar-refractivity contribution in [1.82, 2.24) is 4.90 Å². The monoisotopic (exact) mass is 212 g/mol. The standard InChI is InChI=1S/C13H28N2/c1-11(2)15(12(3)10-14)13-8-6-4-5-7-9-13/h11-13H,4-10,14H2,1-3H3. The van der Waals surface area contributed by atoms with Crippen molar-refractivity contribution in [3.63, 3.8) is 0 Å². The van der Waals surface area contributed by atoms with Crippen LogP contribution in [-0.4, -0.2) is 29.6 Å². The minimum absolute atomic E-state index is 0.535. The van der Waals surface area contributed by atoms with Gasteiger partial charge in [-0.15, -0.1) is 0 Å². The van der Waals surface area contributed by atoms with Gasteiger partial charge in [-0.2, -0.15) is 0 Å². The van der Waals surface area contributed by atoms with Gasteiger partial charge in [-0.05, 0) is 33.6 Å². The smallest absolute Gasteiger partial charge is 0.0195 e. The van der Waals surface area contributed by atoms with Crippen LogP contribution in [0.4, 0.5) is 0 Å². The van der Waals surface area contributed by atoms with Crippen LogP contribution in [0.15, 0.2) is 0 Å². The molecule has 0 saturated heterocycles. The summed E-state index contributed by atoms with van der Waals surface area (Å²) < 4.78 is 0. The van der Waals surface area contributed by atoms with Gasteiger partial charge in [-0.25, -0.2) is 0 Å². The van der Waals surface area contributed by atoms with Crippen LogP contribution in [-0.2, 0) is 0 Å². The lowest BCUT2D eigenvalue weighted by atomic mass is 10.0. The molecular formula is C13H28N2. The molecule has 0 bridgehead atoms. The Hall–Kier alpha value is -0.0800. The van der Waals surface area contributed by atoms with E-state index < -0.39 is 0 Å². The van der Waals surface area contributed by atoms with E-state index in [0.717, 1.165) is 12.6 Å². The number of nitrogens with zero attached hydrogens (tertiary/aromatic N) is 1. The van der Waals surface area contributed by atoms with E-state index in [-0.39, 0.29) is 0 Å². The van der Waals surface area contributed by atoms with Crippen LogP contribution in [0.3, 0.4) is 0 Å². The maximum Gasteiger partial charge on any atom is 0.0195 e. The quantitative estimate of drug-likeness (QED) is 0.726. The molecule has 0 heterocycles. The first-order valence-electron chi connectivity index (χ1n) is 6.64. The molecule has 0 amide bonds. The second kappa shape index (κ2) is 6.49. The average Bonchev–Trinajstić information content (AvgIpc) is 2.46. The highest BCUT2D eigenvalue weighted by Gasteiger charge is 2.25. The molecule has 0 aliphatic heterocycles. The highest BCUT2D eigenvalue weighted by molar-refractivity contribution is 4.81. The largest absolute Gasteiger partial charge is 0.329 e. The van der Waals surface area contributed by atoms with Crippen molar-refractivity contribution in [1.29, 1.82) is 0 Å². The molecule has 0 radical (unpaired) electrons. The third kappa shape index (κ3) is 3.76. The number of nitrogens with two attached hydrogens (primary N) is 1. The van der Waals surface area contributed by atoms with Gasteiger partial charge < -0.3 is 5.73 Å². The van der Waals surface area contributed by atoms with E-state index in [4.69, 9.17) is 5.73 Å². The van der Waals surface area contributed by atoms with Gasteiger partial charge in [0, 0.05) is 24.7 Å². The number of rotatable bonds is 4. The predicted molar refractivity (Wildman–Crippen MR) is 67.0 cm³/mol. The molecule has 2 nitrogen and oxygen atoms in total. The van der Waals surface area contributed by atoms with Crippen molar-refractivity contribution in [2.45, 2.75) is 77.4 Å². The van der Waals surface area contributed by atoms with Gasteiger partial charge in [0.1, 0.15) is 0 Å². The van der Waals surface area contributed by atoms with Gasteiger partial charge in [0.15, 0.2) is 0 Å². The highest BCUT2D eigenvalue weighted by Crippen LogP contribution is 2.24. The van der Waals surface area contributed by atoms with E-state index in [2.05, 4.69) is 25.7 Å². The summed E-state index contributed by atoms with van der Waals surface area (Å²) in [5.74, 6) is 0. The molecule has 1 aliphatic carbocycles. The van der Waals surface area contributed by atoms with E-state index in [0.29, 0.717) is 12.1 Å². The third-order valence-electron chi connectivity index (χ3n) is 3.69. The van der Waals surface area contributed by atoms with Crippen molar-refractivity contribution in [3.05, 3.63) is 0 Å². The Morgan fingerprint density at radius 2 is 1.60 bits per heavy atom. The maximum absolute atomic E-state index is 5.81. The van der Waals surface area contributed by atoms with Crippen LogP contribution in [0.1, 0.15) is 59.3 Å². The van der Waals surface area contributed by atoms with Crippen molar-refractivity contribution in [2.24, 2.45) is 5.73 Å². The minimum Gasteiger partial charge on any atom is -0.329 e. The zero-order valence-corrected chi connectivity index (χ0v) is 10.7. The Kier molecular flexibility index (Phi) is 5.62. The predicted octanol–water partition coefficient (Wildman–Crippen LogP) is 2.77. The molecule has 1 saturated carbocycles. The minimum atomic E-state index is 0.535. The van der Waals surface area contributed by atoms with Crippen LogP contribution in [0.5, 0.6) is 0 Å². The lowest BCUT2D eigenvalue weighted by Crippen LogP contribution is -2.49. The summed E-state index contributed by atoms with van der Waals surface area (Å²) >= 11 is 0.